The number of aryl methyl sites for hydroxylation is 1. The van der Waals surface area contributed by atoms with Crippen molar-refractivity contribution in [2.45, 2.75) is 58.5 Å². The molecule has 1 saturated heterocycles. The molecule has 3 heteroatoms. The SMILES string of the molecule is CCn1ccnc1CC1(CC(C)C)CCCN1. The van der Waals surface area contributed by atoms with E-state index in [1.165, 1.54) is 31.6 Å². The largest absolute Gasteiger partial charge is 0.335 e. The van der Waals surface area contributed by atoms with Gasteiger partial charge in [-0.1, -0.05) is 13.8 Å². The summed E-state index contributed by atoms with van der Waals surface area (Å²) in [6.07, 6.45) is 8.95. The molecule has 96 valence electrons. The predicted octanol–water partition coefficient (Wildman–Crippen LogP) is 2.61. The van der Waals surface area contributed by atoms with Crippen LogP contribution in [-0.2, 0) is 13.0 Å². The summed E-state index contributed by atoms with van der Waals surface area (Å²) in [6.45, 7) is 9.00. The molecule has 3 nitrogen and oxygen atoms in total. The minimum atomic E-state index is 0.298. The van der Waals surface area contributed by atoms with Crippen LogP contribution in [0.15, 0.2) is 12.4 Å². The Balaban J connectivity index is 2.12. The molecule has 1 aromatic rings. The first-order valence-corrected chi connectivity index (χ1v) is 6.90. The zero-order valence-electron chi connectivity index (χ0n) is 11.4. The van der Waals surface area contributed by atoms with Crippen LogP contribution in [0.4, 0.5) is 0 Å². The van der Waals surface area contributed by atoms with Crippen LogP contribution in [-0.4, -0.2) is 21.6 Å². The number of nitrogens with zero attached hydrogens (tertiary/aromatic N) is 2. The third-order valence-electron chi connectivity index (χ3n) is 3.77. The molecule has 2 rings (SSSR count). The van der Waals surface area contributed by atoms with Gasteiger partial charge in [0.2, 0.25) is 0 Å². The van der Waals surface area contributed by atoms with Gasteiger partial charge in [0.25, 0.3) is 0 Å². The Hall–Kier alpha value is -0.830. The molecule has 1 fully saturated rings. The van der Waals surface area contributed by atoms with Crippen molar-refractivity contribution < 1.29 is 0 Å². The molecule has 0 saturated carbocycles. The highest BCUT2D eigenvalue weighted by atomic mass is 15.1. The van der Waals surface area contributed by atoms with Gasteiger partial charge >= 0.3 is 0 Å². The molecule has 0 bridgehead atoms. The number of hydrogen-bond donors (Lipinski definition) is 1. The topological polar surface area (TPSA) is 29.9 Å². The maximum Gasteiger partial charge on any atom is 0.110 e. The van der Waals surface area contributed by atoms with Crippen molar-refractivity contribution in [3.8, 4) is 0 Å². The second kappa shape index (κ2) is 5.21. The molecule has 0 radical (unpaired) electrons. The number of aromatic nitrogens is 2. The van der Waals surface area contributed by atoms with Crippen molar-refractivity contribution in [1.82, 2.24) is 14.9 Å². The highest BCUT2D eigenvalue weighted by Crippen LogP contribution is 2.30. The van der Waals surface area contributed by atoms with Crippen LogP contribution in [0.3, 0.4) is 0 Å². The molecule has 1 N–H and O–H groups in total. The summed E-state index contributed by atoms with van der Waals surface area (Å²) >= 11 is 0. The summed E-state index contributed by atoms with van der Waals surface area (Å²) in [5, 5.41) is 3.74. The highest BCUT2D eigenvalue weighted by molar-refractivity contribution is 5.04. The smallest absolute Gasteiger partial charge is 0.110 e. The number of imidazole rings is 1. The van der Waals surface area contributed by atoms with Gasteiger partial charge in [-0.3, -0.25) is 0 Å². The third-order valence-corrected chi connectivity index (χ3v) is 3.77. The quantitative estimate of drug-likeness (QED) is 0.850. The molecule has 1 unspecified atom stereocenters. The van der Waals surface area contributed by atoms with Gasteiger partial charge in [0, 0.05) is 30.9 Å². The average Bonchev–Trinajstić information content (AvgIpc) is 2.87. The van der Waals surface area contributed by atoms with Crippen molar-refractivity contribution in [1.29, 1.82) is 0 Å². The van der Waals surface area contributed by atoms with Gasteiger partial charge in [0.1, 0.15) is 5.82 Å². The Morgan fingerprint density at radius 1 is 1.53 bits per heavy atom. The summed E-state index contributed by atoms with van der Waals surface area (Å²) in [7, 11) is 0. The fourth-order valence-electron chi connectivity index (χ4n) is 3.15. The predicted molar refractivity (Wildman–Crippen MR) is 71.0 cm³/mol. The number of nitrogens with one attached hydrogen (secondary N) is 1. The van der Waals surface area contributed by atoms with Gasteiger partial charge in [-0.25, -0.2) is 4.98 Å². The molecule has 0 spiro atoms. The van der Waals surface area contributed by atoms with Gasteiger partial charge in [-0.05, 0) is 38.6 Å². The molecule has 1 aromatic heterocycles. The van der Waals surface area contributed by atoms with Crippen LogP contribution in [0.25, 0.3) is 0 Å². The van der Waals surface area contributed by atoms with E-state index in [2.05, 4.69) is 41.8 Å². The van der Waals surface area contributed by atoms with Gasteiger partial charge in [0.05, 0.1) is 0 Å². The average molecular weight is 235 g/mol. The van der Waals surface area contributed by atoms with E-state index in [1.807, 2.05) is 6.20 Å². The number of rotatable bonds is 5. The van der Waals surface area contributed by atoms with Crippen LogP contribution < -0.4 is 5.32 Å². The van der Waals surface area contributed by atoms with Crippen molar-refractivity contribution in [2.24, 2.45) is 5.92 Å². The Morgan fingerprint density at radius 2 is 2.35 bits per heavy atom. The molecule has 1 aliphatic heterocycles. The van der Waals surface area contributed by atoms with E-state index in [-0.39, 0.29) is 0 Å². The third kappa shape index (κ3) is 2.89. The van der Waals surface area contributed by atoms with Gasteiger partial charge < -0.3 is 9.88 Å². The van der Waals surface area contributed by atoms with Crippen molar-refractivity contribution in [3.63, 3.8) is 0 Å². The van der Waals surface area contributed by atoms with E-state index in [1.54, 1.807) is 0 Å². The van der Waals surface area contributed by atoms with Crippen LogP contribution in [0, 0.1) is 5.92 Å². The lowest BCUT2D eigenvalue weighted by atomic mass is 9.84. The lowest BCUT2D eigenvalue weighted by Crippen LogP contribution is -2.43. The van der Waals surface area contributed by atoms with E-state index in [0.29, 0.717) is 5.54 Å². The standard InChI is InChI=1S/C14H25N3/c1-4-17-9-8-15-13(17)11-14(10-12(2)3)6-5-7-16-14/h8-9,12,16H,4-7,10-11H2,1-3H3. The maximum absolute atomic E-state index is 4.53. The van der Waals surface area contributed by atoms with E-state index >= 15 is 0 Å². The van der Waals surface area contributed by atoms with Crippen LogP contribution in [0.2, 0.25) is 0 Å². The Labute approximate surface area is 105 Å². The number of hydrogen-bond acceptors (Lipinski definition) is 2. The van der Waals surface area contributed by atoms with Crippen LogP contribution in [0.5, 0.6) is 0 Å². The molecular formula is C14H25N3. The minimum absolute atomic E-state index is 0.298. The van der Waals surface area contributed by atoms with Crippen molar-refractivity contribution in [2.75, 3.05) is 6.54 Å². The normalized spacial score (nSPS) is 24.7. The fraction of sp³-hybridized carbons (Fsp3) is 0.786. The van der Waals surface area contributed by atoms with Crippen LogP contribution >= 0.6 is 0 Å². The molecule has 0 aliphatic carbocycles. The second-order valence-corrected chi connectivity index (χ2v) is 5.71. The monoisotopic (exact) mass is 235 g/mol. The lowest BCUT2D eigenvalue weighted by Gasteiger charge is -2.31. The van der Waals surface area contributed by atoms with Crippen molar-refractivity contribution in [3.05, 3.63) is 18.2 Å². The fourth-order valence-corrected chi connectivity index (χ4v) is 3.15. The molecule has 0 amide bonds. The Bertz CT molecular complexity index is 348. The summed E-state index contributed by atoms with van der Waals surface area (Å²) < 4.78 is 2.27. The summed E-state index contributed by atoms with van der Waals surface area (Å²) in [6, 6.07) is 0. The zero-order valence-corrected chi connectivity index (χ0v) is 11.4. The molecule has 17 heavy (non-hydrogen) atoms. The summed E-state index contributed by atoms with van der Waals surface area (Å²) in [5.74, 6) is 1.98. The van der Waals surface area contributed by atoms with Gasteiger partial charge in [-0.15, -0.1) is 0 Å². The zero-order chi connectivity index (χ0) is 12.3. The first-order valence-electron chi connectivity index (χ1n) is 6.90. The van der Waals surface area contributed by atoms with Crippen LogP contribution in [0.1, 0.15) is 45.9 Å². The molecule has 1 atom stereocenters. The second-order valence-electron chi connectivity index (χ2n) is 5.71. The summed E-state index contributed by atoms with van der Waals surface area (Å²) in [5.41, 5.74) is 0.298. The van der Waals surface area contributed by atoms with Gasteiger partial charge in [-0.2, -0.15) is 0 Å². The van der Waals surface area contributed by atoms with E-state index in [9.17, 15) is 0 Å². The first-order chi connectivity index (χ1) is 8.15. The summed E-state index contributed by atoms with van der Waals surface area (Å²) in [4.78, 5) is 4.53. The van der Waals surface area contributed by atoms with E-state index in [4.69, 9.17) is 0 Å². The lowest BCUT2D eigenvalue weighted by molar-refractivity contribution is 0.293. The Kier molecular flexibility index (Phi) is 3.87. The van der Waals surface area contributed by atoms with E-state index < -0.39 is 0 Å². The minimum Gasteiger partial charge on any atom is -0.335 e. The Morgan fingerprint density at radius 3 is 2.94 bits per heavy atom. The first kappa shape index (κ1) is 12.6. The molecule has 2 heterocycles. The maximum atomic E-state index is 4.53. The van der Waals surface area contributed by atoms with Gasteiger partial charge in [0.15, 0.2) is 0 Å². The molecule has 0 aromatic carbocycles. The molecular weight excluding hydrogens is 210 g/mol. The van der Waals surface area contributed by atoms with E-state index in [0.717, 1.165) is 18.9 Å². The van der Waals surface area contributed by atoms with Crippen molar-refractivity contribution >= 4 is 0 Å². The highest BCUT2D eigenvalue weighted by Gasteiger charge is 2.35. The molecule has 1 aliphatic rings.